The molecule has 0 amide bonds. The summed E-state index contributed by atoms with van der Waals surface area (Å²) in [5.41, 5.74) is 5.00. The molecular weight excluding hydrogens is 388 g/mol. The van der Waals surface area contributed by atoms with Crippen molar-refractivity contribution in [3.63, 3.8) is 0 Å². The molecule has 0 aliphatic heterocycles. The summed E-state index contributed by atoms with van der Waals surface area (Å²) in [7, 11) is 0. The van der Waals surface area contributed by atoms with E-state index in [1.807, 2.05) is 74.5 Å². The number of nitrogens with one attached hydrogen (secondary N) is 1. The van der Waals surface area contributed by atoms with Crippen LogP contribution in [-0.4, -0.2) is 26.1 Å². The van der Waals surface area contributed by atoms with E-state index in [-0.39, 0.29) is 6.61 Å². The summed E-state index contributed by atoms with van der Waals surface area (Å²) in [6.45, 7) is 4.02. The Morgan fingerprint density at radius 1 is 0.871 bits per heavy atom. The number of fused-ring (bicyclic) bond motifs is 1. The van der Waals surface area contributed by atoms with Crippen LogP contribution in [0.5, 0.6) is 0 Å². The molecule has 154 valence electrons. The van der Waals surface area contributed by atoms with Gasteiger partial charge in [-0.15, -0.1) is 0 Å². The number of rotatable bonds is 4. The van der Waals surface area contributed by atoms with Crippen LogP contribution in [0.1, 0.15) is 27.3 Å². The van der Waals surface area contributed by atoms with Crippen LogP contribution >= 0.6 is 0 Å². The molecule has 0 unspecified atom stereocenters. The fourth-order valence-electron chi connectivity index (χ4n) is 2.98. The van der Waals surface area contributed by atoms with E-state index in [0.29, 0.717) is 22.4 Å². The molecule has 4 rings (SSSR count). The van der Waals surface area contributed by atoms with Crippen LogP contribution in [0.4, 0.5) is 0 Å². The number of H-pyrrole nitrogens is 1. The monoisotopic (exact) mass is 410 g/mol. The maximum absolute atomic E-state index is 12.6. The third kappa shape index (κ3) is 4.93. The molecule has 3 aromatic carbocycles. The van der Waals surface area contributed by atoms with Crippen LogP contribution in [0.2, 0.25) is 0 Å². The van der Waals surface area contributed by atoms with Gasteiger partial charge in [-0.25, -0.2) is 14.8 Å². The summed E-state index contributed by atoms with van der Waals surface area (Å²) in [6.07, 6.45) is 0. The van der Waals surface area contributed by atoms with Crippen LogP contribution in [0, 0.1) is 13.8 Å². The third-order valence-electron chi connectivity index (χ3n) is 4.84. The summed E-state index contributed by atoms with van der Waals surface area (Å²) in [5, 5.41) is 7.48. The van der Waals surface area contributed by atoms with Gasteiger partial charge in [0.1, 0.15) is 6.61 Å². The van der Waals surface area contributed by atoms with Crippen molar-refractivity contribution in [3.8, 4) is 11.4 Å². The average Bonchev–Trinajstić information content (AvgIpc) is 2.87. The predicted octanol–water partition coefficient (Wildman–Crippen LogP) is 5.12. The van der Waals surface area contributed by atoms with Crippen LogP contribution in [0.15, 0.2) is 78.9 Å². The van der Waals surface area contributed by atoms with Gasteiger partial charge < -0.3 is 4.74 Å². The van der Waals surface area contributed by atoms with Crippen LogP contribution < -0.4 is 0 Å². The van der Waals surface area contributed by atoms with Crippen molar-refractivity contribution in [2.24, 2.45) is 0 Å². The third-order valence-corrected chi connectivity index (χ3v) is 4.84. The quantitative estimate of drug-likeness (QED) is 0.473. The van der Waals surface area contributed by atoms with Gasteiger partial charge in [0.2, 0.25) is 0 Å². The number of hydrogen-bond acceptors (Lipinski definition) is 5. The first kappa shape index (κ1) is 20.2. The zero-order valence-electron chi connectivity index (χ0n) is 17.4. The molecule has 1 aromatic heterocycles. The SMILES string of the molecule is Cc1nc2ccc(C(=O)OCc3ccccc3)cc2nc(-c2ccccc2)n[nH]c1C. The molecule has 0 saturated carbocycles. The number of aromatic amines is 1. The highest BCUT2D eigenvalue weighted by molar-refractivity contribution is 5.93. The molecular formula is C25H22N4O2. The Bertz CT molecular complexity index is 1270. The summed E-state index contributed by atoms with van der Waals surface area (Å²) in [4.78, 5) is 22.0. The van der Waals surface area contributed by atoms with Gasteiger partial charge in [0.05, 0.1) is 28.0 Å². The molecule has 0 fully saturated rings. The largest absolute Gasteiger partial charge is 0.457 e. The molecule has 0 radical (unpaired) electrons. The Hall–Kier alpha value is -4.06. The van der Waals surface area contributed by atoms with Crippen LogP contribution in [0.25, 0.3) is 22.4 Å². The number of carbonyl (C=O) groups is 1. The van der Waals surface area contributed by atoms with E-state index in [1.165, 1.54) is 0 Å². The molecule has 4 aromatic rings. The van der Waals surface area contributed by atoms with Gasteiger partial charge in [0.15, 0.2) is 5.82 Å². The first-order valence-electron chi connectivity index (χ1n) is 9.95. The second kappa shape index (κ2) is 9.17. The number of ether oxygens (including phenoxy) is 1. The van der Waals surface area contributed by atoms with E-state index in [9.17, 15) is 4.79 Å². The lowest BCUT2D eigenvalue weighted by atomic mass is 10.2. The Kier molecular flexibility index (Phi) is 5.98. The molecule has 0 aliphatic carbocycles. The highest BCUT2D eigenvalue weighted by atomic mass is 16.5. The molecule has 0 saturated heterocycles. The highest BCUT2D eigenvalue weighted by Gasteiger charge is 2.10. The summed E-state index contributed by atoms with van der Waals surface area (Å²) in [6, 6.07) is 24.4. The lowest BCUT2D eigenvalue weighted by Gasteiger charge is -2.05. The maximum Gasteiger partial charge on any atom is 0.338 e. The average molecular weight is 410 g/mol. The van der Waals surface area contributed by atoms with Crippen molar-refractivity contribution in [2.75, 3.05) is 0 Å². The van der Waals surface area contributed by atoms with E-state index in [4.69, 9.17) is 9.72 Å². The summed E-state index contributed by atoms with van der Waals surface area (Å²) in [5.74, 6) is 0.0856. The number of benzene rings is 3. The molecule has 0 spiro atoms. The van der Waals surface area contributed by atoms with Gasteiger partial charge in [0, 0.05) is 5.56 Å². The van der Waals surface area contributed by atoms with Crippen molar-refractivity contribution in [3.05, 3.63) is 101 Å². The van der Waals surface area contributed by atoms with Gasteiger partial charge in [-0.2, -0.15) is 5.10 Å². The van der Waals surface area contributed by atoms with E-state index < -0.39 is 5.97 Å². The fourth-order valence-corrected chi connectivity index (χ4v) is 2.98. The number of aryl methyl sites for hydroxylation is 2. The van der Waals surface area contributed by atoms with Crippen molar-refractivity contribution in [1.29, 1.82) is 0 Å². The van der Waals surface area contributed by atoms with Crippen molar-refractivity contribution < 1.29 is 9.53 Å². The standard InChI is InChI=1S/C25H22N4O2/c1-17-18(2)28-29-24(20-11-7-4-8-12-20)27-23-15-21(13-14-22(23)26-17)25(30)31-16-19-9-5-3-6-10-19/h3-15,28H,16H2,1-2H3. The molecule has 0 aliphatic rings. The molecule has 31 heavy (non-hydrogen) atoms. The summed E-state index contributed by atoms with van der Waals surface area (Å²) < 4.78 is 5.47. The molecule has 0 atom stereocenters. The smallest absolute Gasteiger partial charge is 0.338 e. The zero-order valence-corrected chi connectivity index (χ0v) is 17.4. The normalized spacial score (nSPS) is 10.5. The predicted molar refractivity (Wildman–Crippen MR) is 120 cm³/mol. The number of esters is 1. The number of aromatic nitrogens is 4. The first-order chi connectivity index (χ1) is 15.1. The lowest BCUT2D eigenvalue weighted by molar-refractivity contribution is 0.0473. The van der Waals surface area contributed by atoms with Gasteiger partial charge >= 0.3 is 5.97 Å². The van der Waals surface area contributed by atoms with E-state index in [0.717, 1.165) is 22.5 Å². The molecule has 6 heteroatoms. The van der Waals surface area contributed by atoms with E-state index >= 15 is 0 Å². The fraction of sp³-hybridized carbons (Fsp3) is 0.120. The molecule has 1 N–H and O–H groups in total. The van der Waals surface area contributed by atoms with Gasteiger partial charge in [-0.05, 0) is 37.6 Å². The number of hydrogen-bond donors (Lipinski definition) is 1. The molecule has 1 heterocycles. The Morgan fingerprint density at radius 3 is 2.32 bits per heavy atom. The van der Waals surface area contributed by atoms with E-state index in [2.05, 4.69) is 15.2 Å². The van der Waals surface area contributed by atoms with Gasteiger partial charge in [0.25, 0.3) is 0 Å². The van der Waals surface area contributed by atoms with Crippen LogP contribution in [0.3, 0.4) is 0 Å². The maximum atomic E-state index is 12.6. The van der Waals surface area contributed by atoms with E-state index in [1.54, 1.807) is 18.2 Å². The lowest BCUT2D eigenvalue weighted by Crippen LogP contribution is -2.05. The molecule has 6 nitrogen and oxygen atoms in total. The highest BCUT2D eigenvalue weighted by Crippen LogP contribution is 2.17. The second-order valence-corrected chi connectivity index (χ2v) is 7.11. The Labute approximate surface area is 180 Å². The zero-order chi connectivity index (χ0) is 21.6. The van der Waals surface area contributed by atoms with Crippen molar-refractivity contribution in [1.82, 2.24) is 20.2 Å². The number of nitrogens with zero attached hydrogens (tertiary/aromatic N) is 3. The van der Waals surface area contributed by atoms with Gasteiger partial charge in [-0.1, -0.05) is 60.7 Å². The van der Waals surface area contributed by atoms with Gasteiger partial charge in [-0.3, -0.25) is 5.10 Å². The van der Waals surface area contributed by atoms with Crippen molar-refractivity contribution >= 4 is 17.0 Å². The minimum atomic E-state index is -0.415. The Balaban J connectivity index is 1.78. The number of carbonyl (C=O) groups excluding carboxylic acids is 1. The minimum absolute atomic E-state index is 0.208. The van der Waals surface area contributed by atoms with Crippen molar-refractivity contribution in [2.45, 2.75) is 20.5 Å². The second-order valence-electron chi connectivity index (χ2n) is 7.11. The topological polar surface area (TPSA) is 80.8 Å². The minimum Gasteiger partial charge on any atom is -0.457 e. The summed E-state index contributed by atoms with van der Waals surface area (Å²) >= 11 is 0. The first-order valence-corrected chi connectivity index (χ1v) is 9.95. The van der Waals surface area contributed by atoms with Crippen LogP contribution in [-0.2, 0) is 11.3 Å². The Morgan fingerprint density at radius 2 is 1.58 bits per heavy atom. The molecule has 0 bridgehead atoms.